The number of aromatic nitrogens is 3. The molecule has 168 valence electrons. The van der Waals surface area contributed by atoms with Crippen molar-refractivity contribution in [3.8, 4) is 22.4 Å². The van der Waals surface area contributed by atoms with Gasteiger partial charge in [-0.05, 0) is 48.4 Å². The van der Waals surface area contributed by atoms with Crippen LogP contribution in [0.15, 0.2) is 36.7 Å². The maximum atomic E-state index is 14.2. The smallest absolute Gasteiger partial charge is 0.249 e. The lowest BCUT2D eigenvalue weighted by Gasteiger charge is -2.22. The van der Waals surface area contributed by atoms with Gasteiger partial charge in [0.05, 0.1) is 11.9 Å². The second kappa shape index (κ2) is 8.81. The highest BCUT2D eigenvalue weighted by Gasteiger charge is 2.29. The summed E-state index contributed by atoms with van der Waals surface area (Å²) >= 11 is 0. The second-order valence-electron chi connectivity index (χ2n) is 9.26. The van der Waals surface area contributed by atoms with Gasteiger partial charge in [0.15, 0.2) is 5.82 Å². The molecule has 0 bridgehead atoms. The lowest BCUT2D eigenvalue weighted by Crippen LogP contribution is -2.19. The van der Waals surface area contributed by atoms with Crippen molar-refractivity contribution < 1.29 is 13.6 Å². The Morgan fingerprint density at radius 3 is 2.62 bits per heavy atom. The highest BCUT2D eigenvalue weighted by Crippen LogP contribution is 2.39. The van der Waals surface area contributed by atoms with Gasteiger partial charge < -0.3 is 4.90 Å². The Morgan fingerprint density at radius 1 is 1.19 bits per heavy atom. The Labute approximate surface area is 187 Å². The van der Waals surface area contributed by atoms with Crippen LogP contribution in [-0.2, 0) is 17.9 Å². The Bertz CT molecular complexity index is 1130. The fourth-order valence-electron chi connectivity index (χ4n) is 4.60. The molecule has 0 N–H and O–H groups in total. The molecule has 1 saturated carbocycles. The molecule has 3 aromatic rings. The van der Waals surface area contributed by atoms with Crippen molar-refractivity contribution in [2.75, 3.05) is 7.05 Å². The molecular weight excluding hydrogens is 410 g/mol. The number of carbonyl (C=O) groups is 1. The van der Waals surface area contributed by atoms with E-state index in [1.807, 2.05) is 36.0 Å². The van der Waals surface area contributed by atoms with Crippen LogP contribution in [0.3, 0.4) is 0 Å². The summed E-state index contributed by atoms with van der Waals surface area (Å²) in [6.45, 7) is 5.48. The average molecular weight is 439 g/mol. The number of nitrogens with zero attached hydrogens (tertiary/aromatic N) is 4. The monoisotopic (exact) mass is 438 g/mol. The fraction of sp³-hybridized carbons (Fsp3) is 0.400. The van der Waals surface area contributed by atoms with Crippen molar-refractivity contribution in [1.29, 1.82) is 0 Å². The Kier molecular flexibility index (Phi) is 6.09. The van der Waals surface area contributed by atoms with Gasteiger partial charge >= 0.3 is 0 Å². The van der Waals surface area contributed by atoms with Gasteiger partial charge in [0.2, 0.25) is 12.4 Å². The Morgan fingerprint density at radius 2 is 1.94 bits per heavy atom. The molecule has 1 fully saturated rings. The van der Waals surface area contributed by atoms with Crippen LogP contribution in [0.4, 0.5) is 8.78 Å². The lowest BCUT2D eigenvalue weighted by molar-refractivity contribution is -0.117. The molecule has 1 aliphatic carbocycles. The third-order valence-electron chi connectivity index (χ3n) is 6.45. The SMILES string of the molecule is Cc1cc(-c2nc(F)c(F)cc2-c2cnn(CC3(C)CCCC3)c2)ccc1CN(C)C=O. The summed E-state index contributed by atoms with van der Waals surface area (Å²) < 4.78 is 30.2. The molecule has 5 nitrogen and oxygen atoms in total. The van der Waals surface area contributed by atoms with Gasteiger partial charge in [-0.1, -0.05) is 31.9 Å². The molecule has 0 unspecified atom stereocenters. The van der Waals surface area contributed by atoms with Gasteiger partial charge in [0.1, 0.15) is 0 Å². The number of benzene rings is 1. The van der Waals surface area contributed by atoms with Crippen molar-refractivity contribution in [3.05, 3.63) is 59.6 Å². The molecule has 0 aliphatic heterocycles. The number of hydrogen-bond acceptors (Lipinski definition) is 3. The topological polar surface area (TPSA) is 51.0 Å². The minimum Gasteiger partial charge on any atom is -0.344 e. The predicted molar refractivity (Wildman–Crippen MR) is 120 cm³/mol. The zero-order valence-electron chi connectivity index (χ0n) is 18.7. The van der Waals surface area contributed by atoms with Crippen molar-refractivity contribution in [1.82, 2.24) is 19.7 Å². The lowest BCUT2D eigenvalue weighted by atomic mass is 9.89. The Balaban J connectivity index is 1.70. The number of hydrogen-bond donors (Lipinski definition) is 0. The zero-order valence-corrected chi connectivity index (χ0v) is 18.7. The highest BCUT2D eigenvalue weighted by molar-refractivity contribution is 5.80. The quantitative estimate of drug-likeness (QED) is 0.368. The Hall–Kier alpha value is -3.09. The van der Waals surface area contributed by atoms with Crippen LogP contribution in [-0.4, -0.2) is 33.1 Å². The van der Waals surface area contributed by atoms with Gasteiger partial charge in [-0.25, -0.2) is 9.37 Å². The second-order valence-corrected chi connectivity index (χ2v) is 9.26. The number of amides is 1. The first-order valence-corrected chi connectivity index (χ1v) is 10.9. The van der Waals surface area contributed by atoms with Gasteiger partial charge in [-0.2, -0.15) is 9.49 Å². The first kappa shape index (κ1) is 22.1. The molecule has 0 saturated heterocycles. The maximum Gasteiger partial charge on any atom is 0.249 e. The number of rotatable bonds is 7. The molecule has 1 aliphatic rings. The van der Waals surface area contributed by atoms with E-state index in [0.717, 1.165) is 24.1 Å². The summed E-state index contributed by atoms with van der Waals surface area (Å²) in [7, 11) is 1.71. The van der Waals surface area contributed by atoms with E-state index in [9.17, 15) is 13.6 Å². The van der Waals surface area contributed by atoms with Crippen molar-refractivity contribution in [2.24, 2.45) is 5.41 Å². The fourth-order valence-corrected chi connectivity index (χ4v) is 4.60. The number of carbonyl (C=O) groups excluding carboxylic acids is 1. The van der Waals surface area contributed by atoms with Gasteiger partial charge in [0.25, 0.3) is 0 Å². The summed E-state index contributed by atoms with van der Waals surface area (Å²) in [5.41, 5.74) is 4.40. The van der Waals surface area contributed by atoms with Crippen LogP contribution in [0.5, 0.6) is 0 Å². The van der Waals surface area contributed by atoms with Gasteiger partial charge in [0, 0.05) is 43.0 Å². The minimum absolute atomic E-state index is 0.222. The zero-order chi connectivity index (χ0) is 22.9. The molecular formula is C25H28F2N4O. The minimum atomic E-state index is -1.13. The summed E-state index contributed by atoms with van der Waals surface area (Å²) in [4.78, 5) is 16.4. The molecule has 4 rings (SSSR count). The van der Waals surface area contributed by atoms with Crippen LogP contribution in [0.25, 0.3) is 22.4 Å². The normalized spacial score (nSPS) is 15.2. The largest absolute Gasteiger partial charge is 0.344 e. The number of pyridine rings is 1. The number of halogens is 2. The summed E-state index contributed by atoms with van der Waals surface area (Å²) in [5, 5.41) is 4.50. The molecule has 1 aromatic carbocycles. The van der Waals surface area contributed by atoms with E-state index in [1.54, 1.807) is 18.1 Å². The summed E-state index contributed by atoms with van der Waals surface area (Å²) in [5.74, 6) is -2.11. The van der Waals surface area contributed by atoms with E-state index >= 15 is 0 Å². The maximum absolute atomic E-state index is 14.2. The average Bonchev–Trinajstić information content (AvgIpc) is 3.40. The molecule has 1 amide bonds. The van der Waals surface area contributed by atoms with E-state index in [4.69, 9.17) is 0 Å². The highest BCUT2D eigenvalue weighted by atomic mass is 19.2. The van der Waals surface area contributed by atoms with E-state index in [0.29, 0.717) is 28.9 Å². The molecule has 32 heavy (non-hydrogen) atoms. The van der Waals surface area contributed by atoms with E-state index in [-0.39, 0.29) is 5.41 Å². The third kappa shape index (κ3) is 4.56. The third-order valence-corrected chi connectivity index (χ3v) is 6.45. The van der Waals surface area contributed by atoms with Gasteiger partial charge in [-0.3, -0.25) is 9.48 Å². The molecule has 2 aromatic heterocycles. The van der Waals surface area contributed by atoms with Crippen LogP contribution in [0, 0.1) is 24.1 Å². The molecule has 0 atom stereocenters. The van der Waals surface area contributed by atoms with Crippen molar-refractivity contribution in [2.45, 2.75) is 52.6 Å². The van der Waals surface area contributed by atoms with Crippen LogP contribution in [0.2, 0.25) is 0 Å². The van der Waals surface area contributed by atoms with Crippen molar-refractivity contribution >= 4 is 6.41 Å². The predicted octanol–water partition coefficient (Wildman–Crippen LogP) is 5.37. The van der Waals surface area contributed by atoms with E-state index < -0.39 is 11.8 Å². The van der Waals surface area contributed by atoms with Crippen LogP contribution in [0.1, 0.15) is 43.7 Å². The first-order chi connectivity index (χ1) is 15.3. The molecule has 0 spiro atoms. The standard InChI is InChI=1S/C25H28F2N4O/c1-17-10-18(6-7-19(17)13-30(3)16-32)23-21(11-22(26)24(27)29-23)20-12-28-31(14-20)15-25(2)8-4-5-9-25/h6-7,10-12,14,16H,4-5,8-9,13,15H2,1-3H3. The van der Waals surface area contributed by atoms with E-state index in [1.165, 1.54) is 31.7 Å². The van der Waals surface area contributed by atoms with Gasteiger partial charge in [-0.15, -0.1) is 0 Å². The molecule has 2 heterocycles. The van der Waals surface area contributed by atoms with Crippen LogP contribution < -0.4 is 0 Å². The number of aryl methyl sites for hydroxylation is 1. The van der Waals surface area contributed by atoms with Crippen LogP contribution >= 0.6 is 0 Å². The molecule has 0 radical (unpaired) electrons. The summed E-state index contributed by atoms with van der Waals surface area (Å²) in [6, 6.07) is 6.80. The van der Waals surface area contributed by atoms with E-state index in [2.05, 4.69) is 17.0 Å². The van der Waals surface area contributed by atoms with Crippen molar-refractivity contribution in [3.63, 3.8) is 0 Å². The summed E-state index contributed by atoms with van der Waals surface area (Å²) in [6.07, 6.45) is 9.17. The molecule has 7 heteroatoms. The first-order valence-electron chi connectivity index (χ1n) is 10.9.